The maximum Gasteiger partial charge on any atom is 0.281 e. The van der Waals surface area contributed by atoms with Gasteiger partial charge in [0.05, 0.1) is 6.04 Å². The number of nitrogens with zero attached hydrogens (tertiary/aromatic N) is 1. The van der Waals surface area contributed by atoms with E-state index < -0.39 is 0 Å². The van der Waals surface area contributed by atoms with Gasteiger partial charge in [-0.3, -0.25) is 9.59 Å². The monoisotopic (exact) mass is 350 g/mol. The zero-order valence-corrected chi connectivity index (χ0v) is 14.6. The van der Waals surface area contributed by atoms with E-state index in [1.165, 1.54) is 11.8 Å². The number of hydrogen-bond donors (Lipinski definition) is 1. The first-order valence-corrected chi connectivity index (χ1v) is 9.26. The van der Waals surface area contributed by atoms with Crippen LogP contribution in [0.3, 0.4) is 0 Å². The smallest absolute Gasteiger partial charge is 0.281 e. The van der Waals surface area contributed by atoms with E-state index in [4.69, 9.17) is 9.47 Å². The molecule has 1 aromatic carbocycles. The molecule has 0 bridgehead atoms. The topological polar surface area (TPSA) is 67.9 Å². The Morgan fingerprint density at radius 1 is 1.33 bits per heavy atom. The number of hydrogen-bond acceptors (Lipinski definition) is 5. The molecule has 2 amide bonds. The Kier molecular flexibility index (Phi) is 5.50. The summed E-state index contributed by atoms with van der Waals surface area (Å²) >= 11 is 1.31. The van der Waals surface area contributed by atoms with Gasteiger partial charge >= 0.3 is 0 Å². The lowest BCUT2D eigenvalue weighted by molar-refractivity contribution is -0.122. The molecule has 2 aliphatic rings. The molecule has 130 valence electrons. The summed E-state index contributed by atoms with van der Waals surface area (Å²) in [6, 6.07) is 5.71. The summed E-state index contributed by atoms with van der Waals surface area (Å²) in [6.07, 6.45) is 1.11. The predicted octanol–water partition coefficient (Wildman–Crippen LogP) is 2.58. The molecular formula is C17H22N2O4S. The van der Waals surface area contributed by atoms with Gasteiger partial charge in [0, 0.05) is 25.3 Å². The third kappa shape index (κ3) is 3.95. The van der Waals surface area contributed by atoms with Crippen LogP contribution in [-0.4, -0.2) is 48.1 Å². The van der Waals surface area contributed by atoms with E-state index in [9.17, 15) is 9.59 Å². The number of ether oxygens (including phenoxy) is 2. The average molecular weight is 350 g/mol. The Morgan fingerprint density at radius 2 is 2.12 bits per heavy atom. The number of carbonyl (C=O) groups is 2. The minimum absolute atomic E-state index is 0.0403. The Morgan fingerprint density at radius 3 is 2.83 bits per heavy atom. The first-order chi connectivity index (χ1) is 11.7. The van der Waals surface area contributed by atoms with Crippen LogP contribution in [0.25, 0.3) is 0 Å². The SMILES string of the molecule is CCC(NC(=O)CCN1CCSC1=O)c1ccc2c(c1)OCCO2. The van der Waals surface area contributed by atoms with Crippen molar-refractivity contribution in [2.45, 2.75) is 25.8 Å². The molecule has 2 aliphatic heterocycles. The van der Waals surface area contributed by atoms with Gasteiger partial charge in [0.15, 0.2) is 11.5 Å². The Hall–Kier alpha value is -1.89. The minimum Gasteiger partial charge on any atom is -0.486 e. The molecule has 1 saturated heterocycles. The molecule has 24 heavy (non-hydrogen) atoms. The van der Waals surface area contributed by atoms with E-state index >= 15 is 0 Å². The maximum atomic E-state index is 12.2. The van der Waals surface area contributed by atoms with E-state index in [1.807, 2.05) is 25.1 Å². The number of carbonyl (C=O) groups excluding carboxylic acids is 2. The van der Waals surface area contributed by atoms with Crippen molar-refractivity contribution in [3.05, 3.63) is 23.8 Å². The van der Waals surface area contributed by atoms with Crippen molar-refractivity contribution in [3.63, 3.8) is 0 Å². The van der Waals surface area contributed by atoms with Crippen LogP contribution in [0.1, 0.15) is 31.4 Å². The second kappa shape index (κ2) is 7.79. The molecule has 7 heteroatoms. The van der Waals surface area contributed by atoms with Crippen LogP contribution in [0, 0.1) is 0 Å². The fraction of sp³-hybridized carbons (Fsp3) is 0.529. The van der Waals surface area contributed by atoms with Gasteiger partial charge in [-0.25, -0.2) is 0 Å². The van der Waals surface area contributed by atoms with Crippen molar-refractivity contribution in [2.75, 3.05) is 32.1 Å². The van der Waals surface area contributed by atoms with Gasteiger partial charge in [-0.2, -0.15) is 0 Å². The van der Waals surface area contributed by atoms with Gasteiger partial charge in [0.25, 0.3) is 5.24 Å². The summed E-state index contributed by atoms with van der Waals surface area (Å²) in [7, 11) is 0. The van der Waals surface area contributed by atoms with E-state index in [1.54, 1.807) is 4.90 Å². The normalized spacial score (nSPS) is 17.7. The number of amides is 2. The standard InChI is InChI=1S/C17H22N2O4S/c1-2-13(12-3-4-14-15(11-12)23-9-8-22-14)18-16(20)5-6-19-7-10-24-17(19)21/h3-4,11,13H,2,5-10H2,1H3,(H,18,20). The van der Waals surface area contributed by atoms with Gasteiger partial charge < -0.3 is 19.7 Å². The van der Waals surface area contributed by atoms with Crippen LogP contribution >= 0.6 is 11.8 Å². The summed E-state index contributed by atoms with van der Waals surface area (Å²) in [4.78, 5) is 25.5. The summed E-state index contributed by atoms with van der Waals surface area (Å²) in [5.74, 6) is 2.25. The molecule has 1 unspecified atom stereocenters. The highest BCUT2D eigenvalue weighted by Gasteiger charge is 2.22. The van der Waals surface area contributed by atoms with Crippen LogP contribution < -0.4 is 14.8 Å². The van der Waals surface area contributed by atoms with Gasteiger partial charge in [-0.1, -0.05) is 24.8 Å². The van der Waals surface area contributed by atoms with Crippen molar-refractivity contribution < 1.29 is 19.1 Å². The lowest BCUT2D eigenvalue weighted by atomic mass is 10.0. The van der Waals surface area contributed by atoms with Gasteiger partial charge in [0.1, 0.15) is 13.2 Å². The molecule has 2 heterocycles. The highest BCUT2D eigenvalue weighted by molar-refractivity contribution is 8.13. The van der Waals surface area contributed by atoms with Crippen molar-refractivity contribution in [2.24, 2.45) is 0 Å². The molecule has 1 N–H and O–H groups in total. The van der Waals surface area contributed by atoms with Crippen LogP contribution in [0.4, 0.5) is 4.79 Å². The third-order valence-corrected chi connectivity index (χ3v) is 5.06. The molecule has 0 aromatic heterocycles. The maximum absolute atomic E-state index is 12.2. The van der Waals surface area contributed by atoms with Crippen molar-refractivity contribution in [1.29, 1.82) is 0 Å². The van der Waals surface area contributed by atoms with Crippen molar-refractivity contribution in [3.8, 4) is 11.5 Å². The van der Waals surface area contributed by atoms with E-state index in [-0.39, 0.29) is 17.2 Å². The largest absolute Gasteiger partial charge is 0.486 e. The van der Waals surface area contributed by atoms with Crippen LogP contribution in [0.15, 0.2) is 18.2 Å². The average Bonchev–Trinajstić information content (AvgIpc) is 3.02. The molecular weight excluding hydrogens is 328 g/mol. The summed E-state index contributed by atoms with van der Waals surface area (Å²) in [6.45, 7) is 4.35. The van der Waals surface area contributed by atoms with Crippen LogP contribution in [-0.2, 0) is 4.79 Å². The molecule has 1 aromatic rings. The second-order valence-corrected chi connectivity index (χ2v) is 6.83. The summed E-state index contributed by atoms with van der Waals surface area (Å²) < 4.78 is 11.1. The van der Waals surface area contributed by atoms with E-state index in [0.717, 1.165) is 35.8 Å². The Bertz CT molecular complexity index is 623. The van der Waals surface area contributed by atoms with E-state index in [0.29, 0.717) is 26.2 Å². The number of nitrogens with one attached hydrogen (secondary N) is 1. The Balaban J connectivity index is 1.57. The summed E-state index contributed by atoms with van der Waals surface area (Å²) in [5.41, 5.74) is 1.00. The zero-order chi connectivity index (χ0) is 16.9. The quantitative estimate of drug-likeness (QED) is 0.854. The van der Waals surface area contributed by atoms with Gasteiger partial charge in [-0.05, 0) is 24.1 Å². The summed E-state index contributed by atoms with van der Waals surface area (Å²) in [5, 5.41) is 3.12. The first-order valence-electron chi connectivity index (χ1n) is 8.28. The lowest BCUT2D eigenvalue weighted by Crippen LogP contribution is -2.33. The molecule has 0 saturated carbocycles. The highest BCUT2D eigenvalue weighted by Crippen LogP contribution is 2.33. The minimum atomic E-state index is -0.0722. The molecule has 3 rings (SSSR count). The fourth-order valence-electron chi connectivity index (χ4n) is 2.83. The lowest BCUT2D eigenvalue weighted by Gasteiger charge is -2.22. The van der Waals surface area contributed by atoms with Crippen LogP contribution in [0.5, 0.6) is 11.5 Å². The van der Waals surface area contributed by atoms with Gasteiger partial charge in [0.2, 0.25) is 5.91 Å². The third-order valence-electron chi connectivity index (χ3n) is 4.17. The van der Waals surface area contributed by atoms with Crippen LogP contribution in [0.2, 0.25) is 0 Å². The Labute approximate surface area is 145 Å². The second-order valence-electron chi connectivity index (χ2n) is 5.78. The zero-order valence-electron chi connectivity index (χ0n) is 13.7. The van der Waals surface area contributed by atoms with Crippen molar-refractivity contribution >= 4 is 22.9 Å². The van der Waals surface area contributed by atoms with Crippen molar-refractivity contribution in [1.82, 2.24) is 10.2 Å². The molecule has 0 radical (unpaired) electrons. The van der Waals surface area contributed by atoms with Gasteiger partial charge in [-0.15, -0.1) is 0 Å². The molecule has 0 spiro atoms. The number of thioether (sulfide) groups is 1. The molecule has 6 nitrogen and oxygen atoms in total. The first kappa shape index (κ1) is 17.0. The fourth-order valence-corrected chi connectivity index (χ4v) is 3.68. The molecule has 1 fully saturated rings. The number of benzene rings is 1. The predicted molar refractivity (Wildman–Crippen MR) is 92.7 cm³/mol. The number of rotatable bonds is 6. The molecule has 0 aliphatic carbocycles. The molecule has 1 atom stereocenters. The van der Waals surface area contributed by atoms with E-state index in [2.05, 4.69) is 5.32 Å². The number of fused-ring (bicyclic) bond motifs is 1. The highest BCUT2D eigenvalue weighted by atomic mass is 32.2.